The Kier molecular flexibility index (Phi) is 10.3. The molecule has 12 nitrogen and oxygen atoms in total. The smallest absolute Gasteiger partial charge is 0.253 e. The van der Waals surface area contributed by atoms with Crippen molar-refractivity contribution in [3.05, 3.63) is 83.9 Å². The quantitative estimate of drug-likeness (QED) is 0.177. The molecule has 1 aromatic heterocycles. The fourth-order valence-electron chi connectivity index (χ4n) is 6.30. The van der Waals surface area contributed by atoms with Crippen molar-refractivity contribution in [1.29, 1.82) is 0 Å². The van der Waals surface area contributed by atoms with Crippen LogP contribution in [0, 0.1) is 11.8 Å². The molecule has 0 unspecified atom stereocenters. The lowest BCUT2D eigenvalue weighted by molar-refractivity contribution is -0.130. The highest BCUT2D eigenvalue weighted by atomic mass is 16.2. The van der Waals surface area contributed by atoms with Crippen molar-refractivity contribution >= 4 is 23.4 Å². The standard InChI is InChI=1S/C35H41N9O3/c36-22-24-3-7-28(8-4-24)33(45)39-31(34(46)38-30-15-13-27(14-16-30)32-40-42-43-41-32)21-23-1-5-25(6-2-23)26-9-11-29(12-10-26)35(47)44-19-17-37-18-20-44/h1-2,5-6,9-16,24,28,31,37H,3-4,7-8,17-22,36H2,(H,38,46)(H,39,45)(H,40,41,42,43)/t24?,28?,31-/m0/s1. The lowest BCUT2D eigenvalue weighted by Gasteiger charge is -2.28. The minimum Gasteiger partial charge on any atom is -0.344 e. The van der Waals surface area contributed by atoms with Crippen LogP contribution < -0.4 is 21.7 Å². The van der Waals surface area contributed by atoms with Gasteiger partial charge in [0.25, 0.3) is 5.91 Å². The number of anilines is 1. The molecular formula is C35H41N9O3. The number of nitrogens with one attached hydrogen (secondary N) is 4. The Morgan fingerprint density at radius 2 is 1.49 bits per heavy atom. The molecular weight excluding hydrogens is 594 g/mol. The lowest BCUT2D eigenvalue weighted by Crippen LogP contribution is -2.48. The van der Waals surface area contributed by atoms with Crippen molar-refractivity contribution in [3.8, 4) is 22.5 Å². The van der Waals surface area contributed by atoms with Crippen LogP contribution in [0.25, 0.3) is 22.5 Å². The van der Waals surface area contributed by atoms with Gasteiger partial charge in [0.05, 0.1) is 0 Å². The zero-order valence-corrected chi connectivity index (χ0v) is 26.3. The van der Waals surface area contributed by atoms with E-state index in [2.05, 4.69) is 36.6 Å². The second-order valence-electron chi connectivity index (χ2n) is 12.3. The molecule has 1 atom stereocenters. The Hall–Kier alpha value is -4.94. The molecule has 1 saturated heterocycles. The minimum atomic E-state index is -0.771. The van der Waals surface area contributed by atoms with E-state index in [1.807, 2.05) is 53.4 Å². The topological polar surface area (TPSA) is 171 Å². The number of nitrogens with two attached hydrogens (primary N) is 1. The van der Waals surface area contributed by atoms with Gasteiger partial charge in [-0.25, -0.2) is 0 Å². The molecule has 2 heterocycles. The molecule has 3 aromatic carbocycles. The van der Waals surface area contributed by atoms with Crippen LogP contribution in [0.15, 0.2) is 72.8 Å². The molecule has 4 aromatic rings. The number of nitrogens with zero attached hydrogens (tertiary/aromatic N) is 4. The Labute approximate surface area is 273 Å². The van der Waals surface area contributed by atoms with Gasteiger partial charge >= 0.3 is 0 Å². The van der Waals surface area contributed by atoms with Gasteiger partial charge in [-0.05, 0) is 96.4 Å². The summed E-state index contributed by atoms with van der Waals surface area (Å²) in [5, 5.41) is 23.3. The van der Waals surface area contributed by atoms with Gasteiger partial charge in [-0.3, -0.25) is 14.4 Å². The molecule has 0 spiro atoms. The maximum Gasteiger partial charge on any atom is 0.253 e. The van der Waals surface area contributed by atoms with Gasteiger partial charge in [0.15, 0.2) is 0 Å². The highest BCUT2D eigenvalue weighted by Gasteiger charge is 2.29. The third-order valence-electron chi connectivity index (χ3n) is 9.20. The largest absolute Gasteiger partial charge is 0.344 e. The zero-order chi connectivity index (χ0) is 32.6. The van der Waals surface area contributed by atoms with Crippen LogP contribution >= 0.6 is 0 Å². The summed E-state index contributed by atoms with van der Waals surface area (Å²) in [6.45, 7) is 3.69. The van der Waals surface area contributed by atoms with Gasteiger partial charge < -0.3 is 26.6 Å². The van der Waals surface area contributed by atoms with E-state index in [4.69, 9.17) is 5.73 Å². The average Bonchev–Trinajstić information content (AvgIpc) is 3.67. The van der Waals surface area contributed by atoms with Crippen molar-refractivity contribution in [1.82, 2.24) is 36.2 Å². The number of amides is 3. The van der Waals surface area contributed by atoms with Gasteiger partial charge in [-0.15, -0.1) is 10.2 Å². The molecule has 6 rings (SSSR count). The molecule has 2 fully saturated rings. The van der Waals surface area contributed by atoms with Crippen LogP contribution in [0.5, 0.6) is 0 Å². The molecule has 2 aliphatic rings. The fraction of sp³-hybridized carbons (Fsp3) is 0.371. The summed E-state index contributed by atoms with van der Waals surface area (Å²) in [5.74, 6) is 0.438. The lowest BCUT2D eigenvalue weighted by atomic mass is 9.81. The summed E-state index contributed by atoms with van der Waals surface area (Å²) >= 11 is 0. The second-order valence-corrected chi connectivity index (χ2v) is 12.3. The molecule has 244 valence electrons. The van der Waals surface area contributed by atoms with Crippen LogP contribution in [0.4, 0.5) is 5.69 Å². The molecule has 6 N–H and O–H groups in total. The molecule has 1 saturated carbocycles. The van der Waals surface area contributed by atoms with E-state index in [-0.39, 0.29) is 23.6 Å². The molecule has 47 heavy (non-hydrogen) atoms. The van der Waals surface area contributed by atoms with E-state index in [1.165, 1.54) is 0 Å². The van der Waals surface area contributed by atoms with Crippen molar-refractivity contribution in [2.24, 2.45) is 17.6 Å². The van der Waals surface area contributed by atoms with Gasteiger partial charge in [0, 0.05) is 55.3 Å². The molecule has 3 amide bonds. The van der Waals surface area contributed by atoms with E-state index >= 15 is 0 Å². The van der Waals surface area contributed by atoms with Gasteiger partial charge in [-0.2, -0.15) is 5.21 Å². The summed E-state index contributed by atoms with van der Waals surface area (Å²) < 4.78 is 0. The summed E-state index contributed by atoms with van der Waals surface area (Å²) in [7, 11) is 0. The number of carbonyl (C=O) groups excluding carboxylic acids is 3. The summed E-state index contributed by atoms with van der Waals surface area (Å²) in [5.41, 5.74) is 10.8. The summed E-state index contributed by atoms with van der Waals surface area (Å²) in [4.78, 5) is 41.7. The predicted octanol–water partition coefficient (Wildman–Crippen LogP) is 3.01. The Balaban J connectivity index is 1.13. The predicted molar refractivity (Wildman–Crippen MR) is 179 cm³/mol. The molecule has 0 radical (unpaired) electrons. The third kappa shape index (κ3) is 8.08. The number of benzene rings is 3. The SMILES string of the molecule is NCC1CCC(C(=O)N[C@@H](Cc2ccc(-c3ccc(C(=O)N4CCNCC4)cc3)cc2)C(=O)Nc2ccc(-c3nn[nH]n3)cc2)CC1. The highest BCUT2D eigenvalue weighted by molar-refractivity contribution is 5.98. The normalized spacial score (nSPS) is 18.7. The fourth-order valence-corrected chi connectivity index (χ4v) is 6.30. The number of hydrogen-bond donors (Lipinski definition) is 5. The molecule has 0 bridgehead atoms. The van der Waals surface area contributed by atoms with Crippen molar-refractivity contribution in [3.63, 3.8) is 0 Å². The molecule has 12 heteroatoms. The Morgan fingerprint density at radius 1 is 0.851 bits per heavy atom. The van der Waals surface area contributed by atoms with Crippen molar-refractivity contribution < 1.29 is 14.4 Å². The van der Waals surface area contributed by atoms with Crippen LogP contribution in [0.3, 0.4) is 0 Å². The van der Waals surface area contributed by atoms with Gasteiger partial charge in [-0.1, -0.05) is 36.4 Å². The number of tetrazole rings is 1. The van der Waals surface area contributed by atoms with Gasteiger partial charge in [0.2, 0.25) is 17.6 Å². The average molecular weight is 636 g/mol. The van der Waals surface area contributed by atoms with E-state index in [9.17, 15) is 14.4 Å². The first-order valence-corrected chi connectivity index (χ1v) is 16.3. The monoisotopic (exact) mass is 635 g/mol. The number of rotatable bonds is 10. The van der Waals surface area contributed by atoms with Crippen LogP contribution in [0.2, 0.25) is 0 Å². The number of carbonyl (C=O) groups is 3. The zero-order valence-electron chi connectivity index (χ0n) is 26.3. The first kappa shape index (κ1) is 32.0. The minimum absolute atomic E-state index is 0.0510. The third-order valence-corrected chi connectivity index (χ3v) is 9.20. The maximum absolute atomic E-state index is 13.6. The van der Waals surface area contributed by atoms with E-state index in [0.717, 1.165) is 61.0 Å². The maximum atomic E-state index is 13.6. The molecule has 1 aliphatic carbocycles. The number of hydrogen-bond acceptors (Lipinski definition) is 8. The first-order valence-electron chi connectivity index (χ1n) is 16.3. The van der Waals surface area contributed by atoms with Crippen molar-refractivity contribution in [2.75, 3.05) is 38.0 Å². The second kappa shape index (κ2) is 15.1. The number of aromatic amines is 1. The summed E-state index contributed by atoms with van der Waals surface area (Å²) in [6, 6.07) is 22.0. The van der Waals surface area contributed by atoms with E-state index < -0.39 is 6.04 Å². The Morgan fingerprint density at radius 3 is 2.11 bits per heavy atom. The van der Waals surface area contributed by atoms with E-state index in [1.54, 1.807) is 24.3 Å². The van der Waals surface area contributed by atoms with Crippen LogP contribution in [0.1, 0.15) is 41.6 Å². The van der Waals surface area contributed by atoms with Crippen LogP contribution in [-0.2, 0) is 16.0 Å². The number of H-pyrrole nitrogens is 1. The summed E-state index contributed by atoms with van der Waals surface area (Å²) in [6.07, 6.45) is 3.71. The van der Waals surface area contributed by atoms with Gasteiger partial charge in [0.1, 0.15) is 6.04 Å². The first-order chi connectivity index (χ1) is 23.0. The highest BCUT2D eigenvalue weighted by Crippen LogP contribution is 2.29. The van der Waals surface area contributed by atoms with Crippen LogP contribution in [-0.4, -0.2) is 82.0 Å². The number of aromatic nitrogens is 4. The number of piperazine rings is 1. The van der Waals surface area contributed by atoms with Crippen molar-refractivity contribution in [2.45, 2.75) is 38.1 Å². The molecule has 1 aliphatic heterocycles. The Bertz CT molecular complexity index is 1630. The van der Waals surface area contributed by atoms with E-state index in [0.29, 0.717) is 49.0 Å².